The number of unbranched alkanes of at least 4 members (excludes halogenated alkanes) is 2. The highest BCUT2D eigenvalue weighted by Gasteiger charge is 2.34. The Morgan fingerprint density at radius 3 is 2.52 bits per heavy atom. The molecule has 0 spiro atoms. The van der Waals surface area contributed by atoms with E-state index in [4.69, 9.17) is 0 Å². The molecule has 2 rings (SSSR count). The third-order valence-electron chi connectivity index (χ3n) is 4.47. The van der Waals surface area contributed by atoms with Crippen molar-refractivity contribution in [2.75, 3.05) is 18.4 Å². The van der Waals surface area contributed by atoms with Crippen LogP contribution < -0.4 is 10.6 Å². The molecule has 0 saturated heterocycles. The number of carbonyl (C=O) groups excluding carboxylic acids is 2. The summed E-state index contributed by atoms with van der Waals surface area (Å²) in [4.78, 5) is 30.6. The summed E-state index contributed by atoms with van der Waals surface area (Å²) in [6.45, 7) is 5.00. The van der Waals surface area contributed by atoms with Gasteiger partial charge in [0.25, 0.3) is 5.91 Å². The third-order valence-corrected chi connectivity index (χ3v) is 5.30. The third kappa shape index (κ3) is 7.54. The summed E-state index contributed by atoms with van der Waals surface area (Å²) in [6.07, 6.45) is -1.25. The van der Waals surface area contributed by atoms with Crippen LogP contribution in [0.5, 0.6) is 0 Å². The van der Waals surface area contributed by atoms with Crippen LogP contribution in [0, 0.1) is 0 Å². The maximum absolute atomic E-state index is 13.2. The second kappa shape index (κ2) is 11.7. The van der Waals surface area contributed by atoms with Crippen molar-refractivity contribution in [1.29, 1.82) is 0 Å². The summed E-state index contributed by atoms with van der Waals surface area (Å²) in [6, 6.07) is 4.22. The van der Waals surface area contributed by atoms with Crippen molar-refractivity contribution in [3.63, 3.8) is 0 Å². The molecule has 0 bridgehead atoms. The summed E-state index contributed by atoms with van der Waals surface area (Å²) in [7, 11) is 0. The zero-order valence-electron chi connectivity index (χ0n) is 17.6. The summed E-state index contributed by atoms with van der Waals surface area (Å²) in [5, 5.41) is 7.31. The van der Waals surface area contributed by atoms with Crippen LogP contribution in [0.1, 0.15) is 60.6 Å². The van der Waals surface area contributed by atoms with Crippen molar-refractivity contribution in [2.45, 2.75) is 52.3 Å². The Hall–Kier alpha value is -2.62. The molecule has 0 radical (unpaired) electrons. The smallest absolute Gasteiger partial charge is 0.351 e. The monoisotopic (exact) mass is 456 g/mol. The van der Waals surface area contributed by atoms with Gasteiger partial charge in [-0.25, -0.2) is 9.78 Å². The van der Waals surface area contributed by atoms with Crippen LogP contribution in [0.2, 0.25) is 0 Å². The Morgan fingerprint density at radius 2 is 1.84 bits per heavy atom. The lowest BCUT2D eigenvalue weighted by Gasteiger charge is -2.23. The number of hydrogen-bond donors (Lipinski definition) is 2. The fraction of sp³-hybridized carbons (Fsp3) is 0.476. The molecule has 31 heavy (non-hydrogen) atoms. The molecule has 0 atom stereocenters. The van der Waals surface area contributed by atoms with Crippen molar-refractivity contribution in [3.05, 3.63) is 45.9 Å². The van der Waals surface area contributed by atoms with E-state index in [0.717, 1.165) is 25.3 Å². The van der Waals surface area contributed by atoms with E-state index >= 15 is 0 Å². The largest absolute Gasteiger partial charge is 0.418 e. The van der Waals surface area contributed by atoms with Gasteiger partial charge in [0, 0.05) is 18.5 Å². The van der Waals surface area contributed by atoms with Gasteiger partial charge in [0.2, 0.25) is 0 Å². The minimum Gasteiger partial charge on any atom is -0.351 e. The van der Waals surface area contributed by atoms with Crippen molar-refractivity contribution < 1.29 is 22.8 Å². The number of amides is 3. The molecule has 10 heteroatoms. The molecule has 3 amide bonds. The van der Waals surface area contributed by atoms with Gasteiger partial charge in [0.15, 0.2) is 0 Å². The van der Waals surface area contributed by atoms with Gasteiger partial charge in [-0.15, -0.1) is 11.3 Å². The van der Waals surface area contributed by atoms with Crippen molar-refractivity contribution in [1.82, 2.24) is 15.2 Å². The summed E-state index contributed by atoms with van der Waals surface area (Å²) < 4.78 is 39.7. The highest BCUT2D eigenvalue weighted by molar-refractivity contribution is 7.09. The first-order valence-electron chi connectivity index (χ1n) is 10.2. The number of urea groups is 1. The molecule has 1 aromatic carbocycles. The predicted octanol–water partition coefficient (Wildman–Crippen LogP) is 5.53. The van der Waals surface area contributed by atoms with E-state index in [-0.39, 0.29) is 23.8 Å². The number of nitrogens with one attached hydrogen (secondary N) is 2. The maximum Gasteiger partial charge on any atom is 0.418 e. The minimum atomic E-state index is -4.58. The normalized spacial score (nSPS) is 11.3. The lowest BCUT2D eigenvalue weighted by molar-refractivity contribution is -0.136. The van der Waals surface area contributed by atoms with Crippen LogP contribution in [0.3, 0.4) is 0 Å². The topological polar surface area (TPSA) is 74.3 Å². The van der Waals surface area contributed by atoms with E-state index in [0.29, 0.717) is 24.5 Å². The molecule has 2 N–H and O–H groups in total. The molecule has 170 valence electrons. The van der Waals surface area contributed by atoms with Gasteiger partial charge in [-0.1, -0.05) is 38.8 Å². The van der Waals surface area contributed by atoms with E-state index < -0.39 is 17.8 Å². The van der Waals surface area contributed by atoms with E-state index in [1.165, 1.54) is 34.4 Å². The average molecular weight is 457 g/mol. The van der Waals surface area contributed by atoms with Crippen LogP contribution in [-0.2, 0) is 12.7 Å². The quantitative estimate of drug-likeness (QED) is 0.462. The van der Waals surface area contributed by atoms with E-state index in [1.54, 1.807) is 5.38 Å². The number of benzene rings is 1. The number of aromatic nitrogens is 1. The van der Waals surface area contributed by atoms with E-state index in [2.05, 4.69) is 15.6 Å². The molecule has 1 heterocycles. The van der Waals surface area contributed by atoms with Crippen molar-refractivity contribution >= 4 is 29.0 Å². The second-order valence-corrected chi connectivity index (χ2v) is 7.93. The molecule has 6 nitrogen and oxygen atoms in total. The molecule has 0 aliphatic heterocycles. The van der Waals surface area contributed by atoms with Gasteiger partial charge in [-0.2, -0.15) is 13.2 Å². The Bertz CT molecular complexity index is 870. The Labute approximate surface area is 183 Å². The van der Waals surface area contributed by atoms with E-state index in [1.807, 2.05) is 13.8 Å². The van der Waals surface area contributed by atoms with E-state index in [9.17, 15) is 22.8 Å². The summed E-state index contributed by atoms with van der Waals surface area (Å²) >= 11 is 1.24. The maximum atomic E-state index is 13.2. The van der Waals surface area contributed by atoms with Crippen molar-refractivity contribution in [3.8, 4) is 0 Å². The first kappa shape index (κ1) is 24.6. The van der Waals surface area contributed by atoms with Gasteiger partial charge in [0.05, 0.1) is 17.8 Å². The number of halogens is 3. The number of nitrogens with zero attached hydrogens (tertiary/aromatic N) is 2. The van der Waals surface area contributed by atoms with Gasteiger partial charge in [0.1, 0.15) is 10.7 Å². The standard InChI is InChI=1S/C21H27F3N4O2S/c1-3-5-11-25-19(29)17-14-31-18(26-17)13-28(12-6-4-2)20(30)27-16-10-8-7-9-15(16)21(22,23)24/h7-10,14H,3-6,11-13H2,1-2H3,(H,25,29)(H,27,30). The fourth-order valence-corrected chi connectivity index (χ4v) is 3.54. The second-order valence-electron chi connectivity index (χ2n) is 6.98. The number of anilines is 1. The lowest BCUT2D eigenvalue weighted by atomic mass is 10.1. The van der Waals surface area contributed by atoms with Gasteiger partial charge in [-0.05, 0) is 25.0 Å². The first-order chi connectivity index (χ1) is 14.8. The number of carbonyl (C=O) groups is 2. The van der Waals surface area contributed by atoms with Gasteiger partial charge in [-0.3, -0.25) is 4.79 Å². The SMILES string of the molecule is CCCCNC(=O)c1csc(CN(CCCC)C(=O)Nc2ccccc2C(F)(F)F)n1. The Morgan fingerprint density at radius 1 is 1.13 bits per heavy atom. The molecule has 1 aromatic heterocycles. The number of para-hydroxylation sites is 1. The molecule has 0 aliphatic carbocycles. The molecule has 2 aromatic rings. The van der Waals surface area contributed by atoms with Crippen LogP contribution in [0.4, 0.5) is 23.7 Å². The van der Waals surface area contributed by atoms with Crippen LogP contribution in [-0.4, -0.2) is 34.9 Å². The Kier molecular flexibility index (Phi) is 9.29. The Balaban J connectivity index is 2.11. The lowest BCUT2D eigenvalue weighted by Crippen LogP contribution is -2.35. The van der Waals surface area contributed by atoms with Gasteiger partial charge < -0.3 is 15.5 Å². The molecule has 0 saturated carbocycles. The van der Waals surface area contributed by atoms with Crippen LogP contribution >= 0.6 is 11.3 Å². The number of rotatable bonds is 10. The van der Waals surface area contributed by atoms with Crippen molar-refractivity contribution in [2.24, 2.45) is 0 Å². The zero-order chi connectivity index (χ0) is 22.9. The van der Waals surface area contributed by atoms with Crippen LogP contribution in [0.25, 0.3) is 0 Å². The molecule has 0 fully saturated rings. The summed E-state index contributed by atoms with van der Waals surface area (Å²) in [5.41, 5.74) is -0.926. The molecule has 0 unspecified atom stereocenters. The molecule has 0 aliphatic rings. The zero-order valence-corrected chi connectivity index (χ0v) is 18.4. The minimum absolute atomic E-state index is 0.104. The molecular weight excluding hydrogens is 429 g/mol. The number of alkyl halides is 3. The number of hydrogen-bond acceptors (Lipinski definition) is 4. The number of thiazole rings is 1. The highest BCUT2D eigenvalue weighted by atomic mass is 32.1. The average Bonchev–Trinajstić information content (AvgIpc) is 3.19. The summed E-state index contributed by atoms with van der Waals surface area (Å²) in [5.74, 6) is -0.278. The first-order valence-corrected chi connectivity index (χ1v) is 11.1. The molecular formula is C21H27F3N4O2S. The fourth-order valence-electron chi connectivity index (χ4n) is 2.76. The van der Waals surface area contributed by atoms with Crippen LogP contribution in [0.15, 0.2) is 29.6 Å². The predicted molar refractivity (Wildman–Crippen MR) is 115 cm³/mol. The van der Waals surface area contributed by atoms with Gasteiger partial charge >= 0.3 is 12.2 Å². The highest BCUT2D eigenvalue weighted by Crippen LogP contribution is 2.34.